The fourth-order valence-corrected chi connectivity index (χ4v) is 2.31. The van der Waals surface area contributed by atoms with Crippen LogP contribution in [0, 0.1) is 5.82 Å². The molecule has 2 aromatic rings. The number of esters is 1. The molecular weight excluding hydrogens is 293 g/mol. The Morgan fingerprint density at radius 2 is 1.81 bits per heavy atom. The lowest BCUT2D eigenvalue weighted by atomic mass is 9.91. The molecule has 0 heterocycles. The lowest BCUT2D eigenvalue weighted by Gasteiger charge is -2.30. The molecule has 1 N–H and O–H groups in total. The van der Waals surface area contributed by atoms with Gasteiger partial charge in [0.05, 0.1) is 17.8 Å². The quantitative estimate of drug-likeness (QED) is 0.868. The molecule has 0 aliphatic carbocycles. The summed E-state index contributed by atoms with van der Waals surface area (Å²) in [6.45, 7) is 1.56. The number of hydrogen-bond donors (Lipinski definition) is 1. The standard InChI is InChI=1S/C16H15ClFNO2/c1-16(15(20)21-2,11-7-3-5-9-13(11)18)19-14-10-6-4-8-12(14)17/h3-10,19H,1-2H3. The average Bonchev–Trinajstić information content (AvgIpc) is 2.49. The number of ether oxygens (including phenoxy) is 1. The normalized spacial score (nSPS) is 13.3. The fourth-order valence-electron chi connectivity index (χ4n) is 2.13. The van der Waals surface area contributed by atoms with E-state index in [1.807, 2.05) is 0 Å². The van der Waals surface area contributed by atoms with Crippen LogP contribution in [0.3, 0.4) is 0 Å². The number of methoxy groups -OCH3 is 1. The van der Waals surface area contributed by atoms with Gasteiger partial charge in [-0.3, -0.25) is 0 Å². The number of halogens is 2. The average molecular weight is 308 g/mol. The smallest absolute Gasteiger partial charge is 0.336 e. The second-order valence-corrected chi connectivity index (χ2v) is 5.11. The molecule has 0 spiro atoms. The van der Waals surface area contributed by atoms with E-state index < -0.39 is 17.3 Å². The molecule has 2 aromatic carbocycles. The fraction of sp³-hybridized carbons (Fsp3) is 0.188. The van der Waals surface area contributed by atoms with Crippen molar-refractivity contribution in [1.82, 2.24) is 0 Å². The first-order chi connectivity index (χ1) is 9.99. The second-order valence-electron chi connectivity index (χ2n) is 4.70. The van der Waals surface area contributed by atoms with Crippen LogP contribution in [-0.4, -0.2) is 13.1 Å². The molecule has 0 bridgehead atoms. The zero-order valence-electron chi connectivity index (χ0n) is 11.7. The topological polar surface area (TPSA) is 38.3 Å². The largest absolute Gasteiger partial charge is 0.467 e. The van der Waals surface area contributed by atoms with Gasteiger partial charge in [0.2, 0.25) is 0 Å². The number of carbonyl (C=O) groups excluding carboxylic acids is 1. The molecule has 0 aromatic heterocycles. The van der Waals surface area contributed by atoms with Gasteiger partial charge in [-0.15, -0.1) is 0 Å². The highest BCUT2D eigenvalue weighted by Gasteiger charge is 2.39. The molecule has 0 saturated heterocycles. The van der Waals surface area contributed by atoms with E-state index in [2.05, 4.69) is 5.32 Å². The molecule has 0 saturated carbocycles. The van der Waals surface area contributed by atoms with Crippen LogP contribution in [0.1, 0.15) is 12.5 Å². The van der Waals surface area contributed by atoms with Gasteiger partial charge in [-0.2, -0.15) is 0 Å². The van der Waals surface area contributed by atoms with Crippen LogP contribution < -0.4 is 5.32 Å². The molecule has 21 heavy (non-hydrogen) atoms. The third-order valence-corrected chi connectivity index (χ3v) is 3.59. The van der Waals surface area contributed by atoms with Crippen molar-refractivity contribution in [1.29, 1.82) is 0 Å². The van der Waals surface area contributed by atoms with Gasteiger partial charge in [-0.1, -0.05) is 41.9 Å². The van der Waals surface area contributed by atoms with Crippen molar-refractivity contribution in [3.63, 3.8) is 0 Å². The first kappa shape index (κ1) is 15.3. The van der Waals surface area contributed by atoms with Gasteiger partial charge in [-0.25, -0.2) is 9.18 Å². The van der Waals surface area contributed by atoms with Crippen molar-refractivity contribution in [3.05, 3.63) is 64.9 Å². The summed E-state index contributed by atoms with van der Waals surface area (Å²) in [6.07, 6.45) is 0. The highest BCUT2D eigenvalue weighted by molar-refractivity contribution is 6.33. The first-order valence-electron chi connectivity index (χ1n) is 6.35. The van der Waals surface area contributed by atoms with Crippen molar-refractivity contribution < 1.29 is 13.9 Å². The summed E-state index contributed by atoms with van der Waals surface area (Å²) in [6, 6.07) is 13.0. The highest BCUT2D eigenvalue weighted by Crippen LogP contribution is 2.32. The van der Waals surface area contributed by atoms with E-state index >= 15 is 0 Å². The van der Waals surface area contributed by atoms with Crippen LogP contribution in [0.5, 0.6) is 0 Å². The molecule has 0 aliphatic rings. The molecular formula is C16H15ClFNO2. The van der Waals surface area contributed by atoms with Crippen LogP contribution in [0.15, 0.2) is 48.5 Å². The molecule has 0 amide bonds. The Labute approximate surface area is 127 Å². The summed E-state index contributed by atoms with van der Waals surface area (Å²) in [7, 11) is 1.26. The number of anilines is 1. The second kappa shape index (κ2) is 6.14. The number of nitrogens with one attached hydrogen (secondary N) is 1. The lowest BCUT2D eigenvalue weighted by Crippen LogP contribution is -2.42. The van der Waals surface area contributed by atoms with Crippen molar-refractivity contribution in [3.8, 4) is 0 Å². The van der Waals surface area contributed by atoms with Gasteiger partial charge in [0.1, 0.15) is 5.82 Å². The molecule has 3 nitrogen and oxygen atoms in total. The number of para-hydroxylation sites is 1. The number of hydrogen-bond acceptors (Lipinski definition) is 3. The van der Waals surface area contributed by atoms with Gasteiger partial charge < -0.3 is 10.1 Å². The van der Waals surface area contributed by atoms with Gasteiger partial charge in [0.25, 0.3) is 0 Å². The van der Waals surface area contributed by atoms with E-state index in [4.69, 9.17) is 16.3 Å². The Morgan fingerprint density at radius 3 is 2.43 bits per heavy atom. The SMILES string of the molecule is COC(=O)C(C)(Nc1ccccc1Cl)c1ccccc1F. The van der Waals surface area contributed by atoms with Gasteiger partial charge in [-0.05, 0) is 25.1 Å². The van der Waals surface area contributed by atoms with E-state index in [1.165, 1.54) is 19.2 Å². The maximum absolute atomic E-state index is 14.1. The van der Waals surface area contributed by atoms with E-state index in [0.29, 0.717) is 10.7 Å². The molecule has 0 aliphatic heterocycles. The Morgan fingerprint density at radius 1 is 1.19 bits per heavy atom. The summed E-state index contributed by atoms with van der Waals surface area (Å²) in [5.74, 6) is -1.10. The van der Waals surface area contributed by atoms with Crippen LogP contribution in [-0.2, 0) is 15.1 Å². The van der Waals surface area contributed by atoms with Crippen LogP contribution >= 0.6 is 11.6 Å². The number of rotatable bonds is 4. The van der Waals surface area contributed by atoms with E-state index in [0.717, 1.165) is 0 Å². The molecule has 0 radical (unpaired) electrons. The summed E-state index contributed by atoms with van der Waals surface area (Å²) in [5, 5.41) is 3.42. The minimum absolute atomic E-state index is 0.191. The number of carbonyl (C=O) groups is 1. The zero-order chi connectivity index (χ0) is 15.5. The summed E-state index contributed by atoms with van der Waals surface area (Å²) >= 11 is 6.10. The predicted molar refractivity (Wildman–Crippen MR) is 80.8 cm³/mol. The van der Waals surface area contributed by atoms with Crippen molar-refractivity contribution >= 4 is 23.3 Å². The van der Waals surface area contributed by atoms with Gasteiger partial charge in [0, 0.05) is 5.56 Å². The maximum Gasteiger partial charge on any atom is 0.336 e. The zero-order valence-corrected chi connectivity index (χ0v) is 12.4. The minimum Gasteiger partial charge on any atom is -0.467 e. The van der Waals surface area contributed by atoms with Crippen molar-refractivity contribution in [2.24, 2.45) is 0 Å². The minimum atomic E-state index is -1.38. The van der Waals surface area contributed by atoms with Crippen LogP contribution in [0.25, 0.3) is 0 Å². The molecule has 1 atom stereocenters. The molecule has 5 heteroatoms. The van der Waals surface area contributed by atoms with E-state index in [9.17, 15) is 9.18 Å². The van der Waals surface area contributed by atoms with E-state index in [1.54, 1.807) is 43.3 Å². The van der Waals surface area contributed by atoms with Crippen molar-refractivity contribution in [2.45, 2.75) is 12.5 Å². The maximum atomic E-state index is 14.1. The Bertz CT molecular complexity index is 662. The van der Waals surface area contributed by atoms with Crippen molar-refractivity contribution in [2.75, 3.05) is 12.4 Å². The molecule has 1 unspecified atom stereocenters. The Hall–Kier alpha value is -2.07. The molecule has 110 valence electrons. The van der Waals surface area contributed by atoms with Gasteiger partial charge in [0.15, 0.2) is 5.54 Å². The third-order valence-electron chi connectivity index (χ3n) is 3.26. The summed E-state index contributed by atoms with van der Waals surface area (Å²) in [5.41, 5.74) is -0.669. The van der Waals surface area contributed by atoms with E-state index in [-0.39, 0.29) is 5.56 Å². The summed E-state index contributed by atoms with van der Waals surface area (Å²) < 4.78 is 18.9. The lowest BCUT2D eigenvalue weighted by molar-refractivity contribution is -0.145. The van der Waals surface area contributed by atoms with Gasteiger partial charge >= 0.3 is 5.97 Å². The highest BCUT2D eigenvalue weighted by atomic mass is 35.5. The number of benzene rings is 2. The monoisotopic (exact) mass is 307 g/mol. The van der Waals surface area contributed by atoms with Crippen LogP contribution in [0.2, 0.25) is 5.02 Å². The Kier molecular flexibility index (Phi) is 4.48. The summed E-state index contributed by atoms with van der Waals surface area (Å²) in [4.78, 5) is 12.2. The van der Waals surface area contributed by atoms with Crippen LogP contribution in [0.4, 0.5) is 10.1 Å². The first-order valence-corrected chi connectivity index (χ1v) is 6.73. The Balaban J connectivity index is 2.51. The third kappa shape index (κ3) is 3.00. The molecule has 2 rings (SSSR count). The molecule has 0 fully saturated rings. The predicted octanol–water partition coefficient (Wildman–Crippen LogP) is 3.98.